The lowest BCUT2D eigenvalue weighted by Crippen LogP contribution is -2.43. The van der Waals surface area contributed by atoms with E-state index in [9.17, 15) is 4.79 Å². The largest absolute Gasteiger partial charge is 0.493 e. The van der Waals surface area contributed by atoms with Crippen molar-refractivity contribution in [2.45, 2.75) is 43.7 Å². The lowest BCUT2D eigenvalue weighted by atomic mass is 9.85. The Kier molecular flexibility index (Phi) is 5.31. The van der Waals surface area contributed by atoms with Crippen LogP contribution in [0.5, 0.6) is 11.5 Å². The number of rotatable bonds is 6. The number of carbonyl (C=O) groups is 1. The molecule has 28 heavy (non-hydrogen) atoms. The van der Waals surface area contributed by atoms with E-state index >= 15 is 0 Å². The normalized spacial score (nSPS) is 20.4. The number of amides is 1. The summed E-state index contributed by atoms with van der Waals surface area (Å²) in [5.41, 5.74) is 2.15. The number of fused-ring (bicyclic) bond motifs is 1. The molecule has 1 N–H and O–H groups in total. The van der Waals surface area contributed by atoms with E-state index in [-0.39, 0.29) is 17.5 Å². The summed E-state index contributed by atoms with van der Waals surface area (Å²) in [5.74, 6) is 1.53. The van der Waals surface area contributed by atoms with Crippen molar-refractivity contribution < 1.29 is 19.0 Å². The second-order valence-corrected chi connectivity index (χ2v) is 7.67. The van der Waals surface area contributed by atoms with Crippen LogP contribution in [0.15, 0.2) is 36.7 Å². The molecule has 0 bridgehead atoms. The first-order valence-corrected chi connectivity index (χ1v) is 9.90. The third-order valence-corrected chi connectivity index (χ3v) is 6.12. The third kappa shape index (κ3) is 3.49. The fraction of sp³-hybridized carbons (Fsp3) is 0.500. The molecule has 1 amide bonds. The van der Waals surface area contributed by atoms with Crippen LogP contribution in [0.3, 0.4) is 0 Å². The van der Waals surface area contributed by atoms with E-state index < -0.39 is 0 Å². The van der Waals surface area contributed by atoms with Crippen LogP contribution in [0.2, 0.25) is 0 Å². The minimum Gasteiger partial charge on any atom is -0.493 e. The smallest absolute Gasteiger partial charge is 0.222 e. The molecule has 1 aliphatic heterocycles. The standard InChI is InChI=1S/C22H28N2O4/c1-26-19-13-16-5-6-18(17(16)14-20(19)27-2)23-21(25)15-22(7-11-28-12-8-22)24-9-3-4-10-24/h3-4,9-10,13-14,18H,5-8,11-12,15H2,1-2H3,(H,23,25)/t18-/m1/s1. The minimum atomic E-state index is -0.204. The van der Waals surface area contributed by atoms with E-state index in [1.54, 1.807) is 14.2 Å². The number of carbonyl (C=O) groups excluding carboxylic acids is 1. The maximum Gasteiger partial charge on any atom is 0.222 e. The van der Waals surface area contributed by atoms with Crippen LogP contribution in [0.1, 0.15) is 42.9 Å². The van der Waals surface area contributed by atoms with Crippen molar-refractivity contribution in [3.63, 3.8) is 0 Å². The van der Waals surface area contributed by atoms with Gasteiger partial charge in [-0.25, -0.2) is 0 Å². The Morgan fingerprint density at radius 2 is 1.86 bits per heavy atom. The maximum atomic E-state index is 13.0. The molecule has 4 rings (SSSR count). The molecule has 6 nitrogen and oxygen atoms in total. The molecule has 2 aromatic rings. The Morgan fingerprint density at radius 1 is 1.18 bits per heavy atom. The number of ether oxygens (including phenoxy) is 3. The molecule has 0 spiro atoms. The summed E-state index contributed by atoms with van der Waals surface area (Å²) in [4.78, 5) is 13.0. The van der Waals surface area contributed by atoms with E-state index in [0.717, 1.165) is 37.0 Å². The zero-order chi connectivity index (χ0) is 19.6. The Hall–Kier alpha value is -2.47. The fourth-order valence-electron chi connectivity index (χ4n) is 4.56. The van der Waals surface area contributed by atoms with E-state index in [0.29, 0.717) is 25.4 Å². The first-order chi connectivity index (χ1) is 13.6. The van der Waals surface area contributed by atoms with Gasteiger partial charge in [-0.05, 0) is 61.1 Å². The van der Waals surface area contributed by atoms with Crippen molar-refractivity contribution in [3.05, 3.63) is 47.8 Å². The lowest BCUT2D eigenvalue weighted by molar-refractivity contribution is -0.125. The Morgan fingerprint density at radius 3 is 2.54 bits per heavy atom. The van der Waals surface area contributed by atoms with E-state index in [1.807, 2.05) is 24.3 Å². The predicted molar refractivity (Wildman–Crippen MR) is 106 cm³/mol. The molecule has 150 valence electrons. The average Bonchev–Trinajstić information content (AvgIpc) is 3.38. The monoisotopic (exact) mass is 384 g/mol. The summed E-state index contributed by atoms with van der Waals surface area (Å²) in [6.45, 7) is 1.38. The van der Waals surface area contributed by atoms with Crippen LogP contribution in [0, 0.1) is 0 Å². The van der Waals surface area contributed by atoms with Gasteiger partial charge in [0, 0.05) is 25.6 Å². The number of nitrogens with one attached hydrogen (secondary N) is 1. The summed E-state index contributed by atoms with van der Waals surface area (Å²) < 4.78 is 18.6. The summed E-state index contributed by atoms with van der Waals surface area (Å²) in [6.07, 6.45) is 8.10. The molecule has 1 atom stereocenters. The Labute approximate surface area is 165 Å². The number of hydrogen-bond donors (Lipinski definition) is 1. The molecule has 1 aromatic carbocycles. The number of aryl methyl sites for hydroxylation is 1. The molecule has 2 aliphatic rings. The number of benzene rings is 1. The number of aromatic nitrogens is 1. The van der Waals surface area contributed by atoms with Gasteiger partial charge in [0.05, 0.1) is 32.2 Å². The number of nitrogens with zero attached hydrogens (tertiary/aromatic N) is 1. The van der Waals surface area contributed by atoms with Crippen LogP contribution in [0.4, 0.5) is 0 Å². The zero-order valence-corrected chi connectivity index (χ0v) is 16.6. The van der Waals surface area contributed by atoms with Crippen molar-refractivity contribution >= 4 is 5.91 Å². The lowest BCUT2D eigenvalue weighted by Gasteiger charge is -2.38. The van der Waals surface area contributed by atoms with Gasteiger partial charge < -0.3 is 24.1 Å². The van der Waals surface area contributed by atoms with Crippen LogP contribution in [-0.4, -0.2) is 37.9 Å². The molecule has 0 unspecified atom stereocenters. The average molecular weight is 384 g/mol. The van der Waals surface area contributed by atoms with E-state index in [4.69, 9.17) is 14.2 Å². The molecule has 0 saturated carbocycles. The van der Waals surface area contributed by atoms with Crippen LogP contribution < -0.4 is 14.8 Å². The quantitative estimate of drug-likeness (QED) is 0.831. The number of hydrogen-bond acceptors (Lipinski definition) is 4. The molecule has 1 aromatic heterocycles. The first kappa shape index (κ1) is 18.9. The molecule has 1 aliphatic carbocycles. The van der Waals surface area contributed by atoms with Gasteiger partial charge in [-0.3, -0.25) is 4.79 Å². The van der Waals surface area contributed by atoms with Crippen molar-refractivity contribution in [2.75, 3.05) is 27.4 Å². The molecule has 2 heterocycles. The molecule has 0 radical (unpaired) electrons. The summed E-state index contributed by atoms with van der Waals surface area (Å²) in [7, 11) is 3.28. The molecular weight excluding hydrogens is 356 g/mol. The van der Waals surface area contributed by atoms with Gasteiger partial charge >= 0.3 is 0 Å². The van der Waals surface area contributed by atoms with Crippen molar-refractivity contribution in [1.82, 2.24) is 9.88 Å². The topological polar surface area (TPSA) is 61.7 Å². The van der Waals surface area contributed by atoms with Gasteiger partial charge in [-0.1, -0.05) is 0 Å². The zero-order valence-electron chi connectivity index (χ0n) is 16.6. The van der Waals surface area contributed by atoms with E-state index in [1.165, 1.54) is 5.56 Å². The number of methoxy groups -OCH3 is 2. The molecular formula is C22H28N2O4. The van der Waals surface area contributed by atoms with Crippen molar-refractivity contribution in [2.24, 2.45) is 0 Å². The predicted octanol–water partition coefficient (Wildman–Crippen LogP) is 3.20. The Balaban J connectivity index is 1.51. The highest BCUT2D eigenvalue weighted by molar-refractivity contribution is 5.78. The van der Waals surface area contributed by atoms with Gasteiger partial charge in [-0.15, -0.1) is 0 Å². The van der Waals surface area contributed by atoms with Crippen LogP contribution >= 0.6 is 0 Å². The highest BCUT2D eigenvalue weighted by atomic mass is 16.5. The van der Waals surface area contributed by atoms with Gasteiger partial charge in [0.1, 0.15) is 0 Å². The molecule has 6 heteroatoms. The van der Waals surface area contributed by atoms with Crippen molar-refractivity contribution in [1.29, 1.82) is 0 Å². The highest BCUT2D eigenvalue weighted by Crippen LogP contribution is 2.40. The van der Waals surface area contributed by atoms with E-state index in [2.05, 4.69) is 22.3 Å². The second kappa shape index (κ2) is 7.87. The minimum absolute atomic E-state index is 0.0175. The van der Waals surface area contributed by atoms with Crippen LogP contribution in [0.25, 0.3) is 0 Å². The molecule has 1 fully saturated rings. The summed E-state index contributed by atoms with van der Waals surface area (Å²) in [6, 6.07) is 8.08. The fourth-order valence-corrected chi connectivity index (χ4v) is 4.56. The van der Waals surface area contributed by atoms with Gasteiger partial charge in [0.15, 0.2) is 11.5 Å². The van der Waals surface area contributed by atoms with Crippen LogP contribution in [-0.2, 0) is 21.5 Å². The van der Waals surface area contributed by atoms with Gasteiger partial charge in [-0.2, -0.15) is 0 Å². The Bertz CT molecular complexity index is 825. The SMILES string of the molecule is COc1cc2c(cc1OC)[C@H](NC(=O)CC1(n3cccc3)CCOCC1)CC2. The van der Waals surface area contributed by atoms with Crippen molar-refractivity contribution in [3.8, 4) is 11.5 Å². The molecule has 1 saturated heterocycles. The van der Waals surface area contributed by atoms with Gasteiger partial charge in [0.2, 0.25) is 5.91 Å². The third-order valence-electron chi connectivity index (χ3n) is 6.12. The summed E-state index contributed by atoms with van der Waals surface area (Å²) >= 11 is 0. The first-order valence-electron chi connectivity index (χ1n) is 9.90. The second-order valence-electron chi connectivity index (χ2n) is 7.67. The van der Waals surface area contributed by atoms with Gasteiger partial charge in [0.25, 0.3) is 0 Å². The highest BCUT2D eigenvalue weighted by Gasteiger charge is 2.37. The summed E-state index contributed by atoms with van der Waals surface area (Å²) in [5, 5.41) is 3.27. The maximum absolute atomic E-state index is 13.0.